The molecule has 0 bridgehead atoms. The van der Waals surface area contributed by atoms with Crippen LogP contribution >= 0.6 is 11.6 Å². The molecule has 3 heterocycles. The summed E-state index contributed by atoms with van der Waals surface area (Å²) in [5.41, 5.74) is 1.25. The molecule has 0 aliphatic carbocycles. The van der Waals surface area contributed by atoms with Gasteiger partial charge < -0.3 is 19.4 Å². The highest BCUT2D eigenvalue weighted by molar-refractivity contribution is 6.30. The van der Waals surface area contributed by atoms with E-state index in [-0.39, 0.29) is 35.2 Å². The first kappa shape index (κ1) is 28.3. The molecule has 0 radical (unpaired) electrons. The van der Waals surface area contributed by atoms with Crippen molar-refractivity contribution in [1.29, 1.82) is 5.26 Å². The van der Waals surface area contributed by atoms with E-state index in [1.54, 1.807) is 17.0 Å². The number of piperidine rings is 1. The van der Waals surface area contributed by atoms with Crippen molar-refractivity contribution in [2.75, 3.05) is 37.6 Å². The number of nitriles is 1. The van der Waals surface area contributed by atoms with E-state index in [4.69, 9.17) is 21.6 Å². The largest absolute Gasteiger partial charge is 0.415 e. The molecule has 0 saturated carbocycles. The zero-order valence-electron chi connectivity index (χ0n) is 22.6. The predicted molar refractivity (Wildman–Crippen MR) is 151 cm³/mol. The monoisotopic (exact) mass is 576 g/mol. The molecule has 2 aliphatic heterocycles. The number of ether oxygens (including phenoxy) is 1. The van der Waals surface area contributed by atoms with Crippen LogP contribution in [0.15, 0.2) is 60.7 Å². The fourth-order valence-corrected chi connectivity index (χ4v) is 5.77. The van der Waals surface area contributed by atoms with Crippen molar-refractivity contribution in [1.82, 2.24) is 20.0 Å². The Morgan fingerprint density at radius 3 is 2.37 bits per heavy atom. The van der Waals surface area contributed by atoms with Crippen LogP contribution < -0.4 is 9.64 Å². The SMILES string of the molecule is CCN(C(=O)Oc1ccc(F)cc1)[C@@H]1CN(C(=O)C2CCN(c3ccc(C#N)nn3)CC2)CC1c1ccc(Cl)cc1. The van der Waals surface area contributed by atoms with Crippen LogP contribution in [0.25, 0.3) is 0 Å². The Morgan fingerprint density at radius 1 is 1.05 bits per heavy atom. The molecule has 5 rings (SSSR count). The van der Waals surface area contributed by atoms with Gasteiger partial charge in [0, 0.05) is 49.6 Å². The first-order valence-corrected chi connectivity index (χ1v) is 14.0. The summed E-state index contributed by atoms with van der Waals surface area (Å²) >= 11 is 6.15. The number of aromatic nitrogens is 2. The summed E-state index contributed by atoms with van der Waals surface area (Å²) in [6, 6.07) is 17.9. The van der Waals surface area contributed by atoms with Crippen molar-refractivity contribution in [2.45, 2.75) is 31.7 Å². The van der Waals surface area contributed by atoms with Gasteiger partial charge in [0.15, 0.2) is 11.5 Å². The maximum Gasteiger partial charge on any atom is 0.415 e. The van der Waals surface area contributed by atoms with Gasteiger partial charge in [0.2, 0.25) is 5.91 Å². The number of likely N-dealkylation sites (tertiary alicyclic amines) is 1. The molecule has 41 heavy (non-hydrogen) atoms. The second-order valence-corrected chi connectivity index (χ2v) is 10.7. The molecule has 3 aromatic rings. The Kier molecular flexibility index (Phi) is 8.64. The molecule has 9 nitrogen and oxygen atoms in total. The average Bonchev–Trinajstić information content (AvgIpc) is 3.44. The van der Waals surface area contributed by atoms with Gasteiger partial charge in [-0.05, 0) is 73.9 Å². The molecule has 2 atom stereocenters. The Labute approximate surface area is 243 Å². The zero-order chi connectivity index (χ0) is 28.9. The van der Waals surface area contributed by atoms with Gasteiger partial charge in [-0.1, -0.05) is 23.7 Å². The van der Waals surface area contributed by atoms with Crippen molar-refractivity contribution in [3.05, 3.63) is 82.8 Å². The smallest absolute Gasteiger partial charge is 0.410 e. The topological polar surface area (TPSA) is 103 Å². The van der Waals surface area contributed by atoms with Gasteiger partial charge >= 0.3 is 6.09 Å². The van der Waals surface area contributed by atoms with Gasteiger partial charge in [-0.15, -0.1) is 10.2 Å². The van der Waals surface area contributed by atoms with Crippen molar-refractivity contribution in [3.63, 3.8) is 0 Å². The minimum atomic E-state index is -0.547. The fraction of sp³-hybridized carbons (Fsp3) is 0.367. The fourth-order valence-electron chi connectivity index (χ4n) is 5.65. The molecule has 11 heteroatoms. The van der Waals surface area contributed by atoms with Crippen molar-refractivity contribution < 1.29 is 18.7 Å². The number of hydrogen-bond acceptors (Lipinski definition) is 7. The summed E-state index contributed by atoms with van der Waals surface area (Å²) in [5.74, 6) is 0.315. The first-order chi connectivity index (χ1) is 19.9. The Balaban J connectivity index is 1.30. The molecular weight excluding hydrogens is 547 g/mol. The second kappa shape index (κ2) is 12.5. The molecule has 2 amide bonds. The third kappa shape index (κ3) is 6.41. The van der Waals surface area contributed by atoms with Crippen molar-refractivity contribution >= 4 is 29.4 Å². The van der Waals surface area contributed by atoms with E-state index in [2.05, 4.69) is 15.1 Å². The van der Waals surface area contributed by atoms with E-state index < -0.39 is 11.9 Å². The highest BCUT2D eigenvalue weighted by Gasteiger charge is 2.43. The molecule has 212 valence electrons. The van der Waals surface area contributed by atoms with Crippen LogP contribution in [-0.4, -0.2) is 70.8 Å². The number of hydrogen-bond donors (Lipinski definition) is 0. The van der Waals surface area contributed by atoms with E-state index in [9.17, 15) is 14.0 Å². The van der Waals surface area contributed by atoms with Crippen LogP contribution in [0.2, 0.25) is 5.02 Å². The standard InChI is InChI=1S/C30H30ClFN6O3/c1-2-38(30(40)41-25-10-7-23(32)8-11-25)27-19-37(18-26(27)20-3-5-22(31)6-4-20)29(39)21-13-15-36(16-14-21)28-12-9-24(17-33)34-35-28/h3-12,21,26-27H,2,13-16,18-19H2,1H3/t26?,27-/m1/s1. The van der Waals surface area contributed by atoms with Crippen LogP contribution in [0, 0.1) is 23.1 Å². The highest BCUT2D eigenvalue weighted by Crippen LogP contribution is 2.34. The van der Waals surface area contributed by atoms with Gasteiger partial charge in [0.1, 0.15) is 17.6 Å². The van der Waals surface area contributed by atoms with Crippen LogP contribution in [0.1, 0.15) is 36.9 Å². The lowest BCUT2D eigenvalue weighted by molar-refractivity contribution is -0.135. The quantitative estimate of drug-likeness (QED) is 0.412. The predicted octanol–water partition coefficient (Wildman–Crippen LogP) is 4.87. The maximum absolute atomic E-state index is 13.8. The van der Waals surface area contributed by atoms with Crippen molar-refractivity contribution in [2.24, 2.45) is 5.92 Å². The third-order valence-corrected chi connectivity index (χ3v) is 8.08. The van der Waals surface area contributed by atoms with Crippen LogP contribution in [0.4, 0.5) is 15.0 Å². The number of amides is 2. The second-order valence-electron chi connectivity index (χ2n) is 10.2. The lowest BCUT2D eigenvalue weighted by Gasteiger charge is -2.34. The normalized spacial score (nSPS) is 19.1. The maximum atomic E-state index is 13.8. The zero-order valence-corrected chi connectivity index (χ0v) is 23.4. The van der Waals surface area contributed by atoms with Gasteiger partial charge in [0.25, 0.3) is 0 Å². The molecule has 2 aliphatic rings. The third-order valence-electron chi connectivity index (χ3n) is 7.83. The molecule has 2 fully saturated rings. The first-order valence-electron chi connectivity index (χ1n) is 13.6. The summed E-state index contributed by atoms with van der Waals surface area (Å²) in [6.07, 6.45) is 0.781. The van der Waals surface area contributed by atoms with E-state index in [1.165, 1.54) is 24.3 Å². The van der Waals surface area contributed by atoms with E-state index in [0.717, 1.165) is 5.56 Å². The molecular formula is C30H30ClFN6O3. The van der Waals surface area contributed by atoms with Crippen LogP contribution in [0.3, 0.4) is 0 Å². The number of benzene rings is 2. The molecule has 2 aromatic carbocycles. The lowest BCUT2D eigenvalue weighted by Crippen LogP contribution is -2.47. The minimum absolute atomic E-state index is 0.0694. The van der Waals surface area contributed by atoms with Gasteiger partial charge in [0.05, 0.1) is 6.04 Å². The number of nitrogens with zero attached hydrogens (tertiary/aromatic N) is 6. The Hall–Kier alpha value is -4.23. The van der Waals surface area contributed by atoms with Gasteiger partial charge in [-0.25, -0.2) is 9.18 Å². The Morgan fingerprint density at radius 2 is 1.76 bits per heavy atom. The Bertz CT molecular complexity index is 1410. The molecule has 0 spiro atoms. The van der Waals surface area contributed by atoms with E-state index >= 15 is 0 Å². The molecule has 0 N–H and O–H groups in total. The molecule has 1 unspecified atom stereocenters. The summed E-state index contributed by atoms with van der Waals surface area (Å²) in [4.78, 5) is 32.6. The van der Waals surface area contributed by atoms with Crippen LogP contribution in [0.5, 0.6) is 5.75 Å². The van der Waals surface area contributed by atoms with E-state index in [1.807, 2.05) is 42.2 Å². The minimum Gasteiger partial charge on any atom is -0.410 e. The summed E-state index contributed by atoms with van der Waals surface area (Å²) in [7, 11) is 0. The van der Waals surface area contributed by atoms with Gasteiger partial charge in [-0.3, -0.25) is 4.79 Å². The lowest BCUT2D eigenvalue weighted by atomic mass is 9.93. The number of halogens is 2. The highest BCUT2D eigenvalue weighted by atomic mass is 35.5. The summed E-state index contributed by atoms with van der Waals surface area (Å²) in [5, 5.41) is 17.6. The molecule has 1 aromatic heterocycles. The number of carbonyl (C=O) groups excluding carboxylic acids is 2. The summed E-state index contributed by atoms with van der Waals surface area (Å²) < 4.78 is 18.9. The van der Waals surface area contributed by atoms with E-state index in [0.29, 0.717) is 56.4 Å². The molecule has 2 saturated heterocycles. The number of rotatable bonds is 6. The van der Waals surface area contributed by atoms with Crippen LogP contribution in [-0.2, 0) is 4.79 Å². The average molecular weight is 577 g/mol. The summed E-state index contributed by atoms with van der Waals surface area (Å²) in [6.45, 7) is 4.39. The number of carbonyl (C=O) groups is 2. The number of likely N-dealkylation sites (N-methyl/N-ethyl adjacent to an activating group) is 1. The van der Waals surface area contributed by atoms with Crippen molar-refractivity contribution in [3.8, 4) is 11.8 Å². The van der Waals surface area contributed by atoms with Gasteiger partial charge in [-0.2, -0.15) is 5.26 Å². The number of anilines is 1.